The summed E-state index contributed by atoms with van der Waals surface area (Å²) in [5, 5.41) is 0. The number of hydrogen-bond acceptors (Lipinski definition) is 0. The average molecular weight is 451 g/mol. The Balaban J connectivity index is 5.35. The molecule has 0 unspecified atom stereocenters. The lowest BCUT2D eigenvalue weighted by Gasteiger charge is -2.31. The minimum absolute atomic E-state index is 1.19. The van der Waals surface area contributed by atoms with Gasteiger partial charge in [0.2, 0.25) is 0 Å². The normalized spacial score (nSPS) is 12.1. The molecule has 0 amide bonds. The van der Waals surface area contributed by atoms with Gasteiger partial charge in [0, 0.05) is 12.1 Å². The Hall–Kier alpha value is -0.00623. The highest BCUT2D eigenvalue weighted by Crippen LogP contribution is 2.33. The molecular formula is C28H58Si2. The summed E-state index contributed by atoms with van der Waals surface area (Å²) < 4.78 is 0. The summed E-state index contributed by atoms with van der Waals surface area (Å²) in [6, 6.07) is 11.9. The van der Waals surface area contributed by atoms with Gasteiger partial charge in [-0.05, 0) is 0 Å². The molecule has 0 nitrogen and oxygen atoms in total. The Kier molecular flexibility index (Phi) is 19.7. The van der Waals surface area contributed by atoms with Crippen LogP contribution in [0.25, 0.3) is 0 Å². The summed E-state index contributed by atoms with van der Waals surface area (Å²) in [6.45, 7) is 14.2. The van der Waals surface area contributed by atoms with Crippen LogP contribution in [0.4, 0.5) is 0 Å². The topological polar surface area (TPSA) is 0 Å². The maximum atomic E-state index is 3.88. The molecule has 0 aromatic heterocycles. The third-order valence-electron chi connectivity index (χ3n) is 7.42. The summed E-state index contributed by atoms with van der Waals surface area (Å²) in [5.41, 5.74) is 0. The largest absolute Gasteiger partial charge is 0.107 e. The van der Waals surface area contributed by atoms with E-state index in [1.54, 1.807) is 36.3 Å². The highest BCUT2D eigenvalue weighted by molar-refractivity contribution is 6.81. The van der Waals surface area contributed by atoms with E-state index in [4.69, 9.17) is 0 Å². The second-order valence-corrected chi connectivity index (χ2v) is 20.0. The van der Waals surface area contributed by atoms with Crippen LogP contribution in [-0.4, -0.2) is 16.1 Å². The third-order valence-corrected chi connectivity index (χ3v) is 17.8. The van der Waals surface area contributed by atoms with Crippen molar-refractivity contribution in [2.45, 2.75) is 167 Å². The van der Waals surface area contributed by atoms with Gasteiger partial charge in [-0.1, -0.05) is 155 Å². The van der Waals surface area contributed by atoms with Crippen LogP contribution in [0.15, 0.2) is 0 Å². The lowest BCUT2D eigenvalue weighted by atomic mass is 10.4. The second kappa shape index (κ2) is 19.7. The smallest absolute Gasteiger partial charge is 0.0664 e. The molecule has 178 valence electrons. The zero-order chi connectivity index (χ0) is 22.6. The van der Waals surface area contributed by atoms with Gasteiger partial charge in [-0.15, -0.1) is 11.8 Å². The van der Waals surface area contributed by atoms with Crippen molar-refractivity contribution < 1.29 is 0 Å². The van der Waals surface area contributed by atoms with Crippen LogP contribution in [0.3, 0.4) is 0 Å². The molecule has 0 aliphatic rings. The summed E-state index contributed by atoms with van der Waals surface area (Å²) in [5.74, 6) is 7.77. The molecule has 0 rings (SSSR count). The van der Waals surface area contributed by atoms with Crippen LogP contribution < -0.4 is 0 Å². The van der Waals surface area contributed by atoms with Gasteiger partial charge in [0.25, 0.3) is 0 Å². The highest BCUT2D eigenvalue weighted by Gasteiger charge is 2.31. The van der Waals surface area contributed by atoms with Crippen molar-refractivity contribution in [3.63, 3.8) is 0 Å². The monoisotopic (exact) mass is 450 g/mol. The van der Waals surface area contributed by atoms with Crippen molar-refractivity contribution >= 4 is 16.1 Å². The molecule has 0 spiro atoms. The number of rotatable bonds is 20. The SMILES string of the molecule is CCCC[Si](CC#CC[Si](CCCC)(CCCC)CCCC)(CCCC)CCCC. The molecule has 0 heterocycles. The minimum atomic E-state index is -1.19. The van der Waals surface area contributed by atoms with E-state index in [-0.39, 0.29) is 0 Å². The average Bonchev–Trinajstić information content (AvgIpc) is 2.77. The van der Waals surface area contributed by atoms with Gasteiger partial charge in [0.05, 0.1) is 16.1 Å². The standard InChI is InChI=1S/C28H58Si2/c1-7-13-21-29(22-14-8-2,23-15-9-3)27-19-20-28-30(24-16-10-4,25-17-11-5)26-18-12-6/h7-18,21-28H2,1-6H3. The van der Waals surface area contributed by atoms with Crippen LogP contribution >= 0.6 is 0 Å². The summed E-state index contributed by atoms with van der Waals surface area (Å²) >= 11 is 0. The van der Waals surface area contributed by atoms with Gasteiger partial charge in [-0.25, -0.2) is 0 Å². The Labute approximate surface area is 194 Å². The van der Waals surface area contributed by atoms with Gasteiger partial charge in [0.1, 0.15) is 0 Å². The zero-order valence-electron chi connectivity index (χ0n) is 22.1. The van der Waals surface area contributed by atoms with Crippen LogP contribution in [0.5, 0.6) is 0 Å². The van der Waals surface area contributed by atoms with E-state index in [0.29, 0.717) is 0 Å². The second-order valence-electron chi connectivity index (χ2n) is 10.3. The predicted molar refractivity (Wildman–Crippen MR) is 147 cm³/mol. The first-order chi connectivity index (χ1) is 14.6. The fourth-order valence-electron chi connectivity index (χ4n) is 5.09. The van der Waals surface area contributed by atoms with Gasteiger partial charge in [-0.3, -0.25) is 0 Å². The van der Waals surface area contributed by atoms with E-state index in [1.165, 1.54) is 89.1 Å². The molecule has 0 bridgehead atoms. The van der Waals surface area contributed by atoms with Crippen LogP contribution in [0.1, 0.15) is 119 Å². The van der Waals surface area contributed by atoms with Gasteiger partial charge in [0.15, 0.2) is 0 Å². The molecule has 0 aliphatic heterocycles. The van der Waals surface area contributed by atoms with E-state index in [2.05, 4.69) is 53.4 Å². The van der Waals surface area contributed by atoms with E-state index >= 15 is 0 Å². The van der Waals surface area contributed by atoms with Crippen molar-refractivity contribution in [2.75, 3.05) is 0 Å². The lowest BCUT2D eigenvalue weighted by Crippen LogP contribution is -2.34. The molecule has 0 aromatic carbocycles. The molecule has 0 radical (unpaired) electrons. The summed E-state index contributed by atoms with van der Waals surface area (Å²) in [6.07, 6.45) is 16.9. The molecule has 30 heavy (non-hydrogen) atoms. The molecule has 0 N–H and O–H groups in total. The quantitative estimate of drug-likeness (QED) is 0.128. The molecule has 0 saturated carbocycles. The third kappa shape index (κ3) is 13.4. The van der Waals surface area contributed by atoms with E-state index in [9.17, 15) is 0 Å². The molecular weight excluding hydrogens is 392 g/mol. The number of unbranched alkanes of at least 4 members (excludes halogenated alkanes) is 6. The fraction of sp³-hybridized carbons (Fsp3) is 0.929. The number of hydrogen-bond donors (Lipinski definition) is 0. The van der Waals surface area contributed by atoms with Crippen LogP contribution in [0, 0.1) is 11.8 Å². The molecule has 0 aromatic rings. The molecule has 2 heteroatoms. The van der Waals surface area contributed by atoms with Crippen LogP contribution in [0.2, 0.25) is 48.4 Å². The first-order valence-electron chi connectivity index (χ1n) is 14.0. The minimum Gasteiger partial charge on any atom is -0.107 e. The van der Waals surface area contributed by atoms with Crippen molar-refractivity contribution in [3.05, 3.63) is 0 Å². The van der Waals surface area contributed by atoms with Gasteiger partial charge < -0.3 is 0 Å². The maximum Gasteiger partial charge on any atom is 0.0664 e. The Morgan fingerprint density at radius 1 is 0.367 bits per heavy atom. The fourth-order valence-corrected chi connectivity index (χ4v) is 15.3. The van der Waals surface area contributed by atoms with E-state index in [0.717, 1.165) is 0 Å². The van der Waals surface area contributed by atoms with Crippen molar-refractivity contribution in [1.29, 1.82) is 0 Å². The maximum absolute atomic E-state index is 3.88. The Morgan fingerprint density at radius 2 is 0.567 bits per heavy atom. The first kappa shape index (κ1) is 30.0. The molecule has 0 fully saturated rings. The van der Waals surface area contributed by atoms with Crippen LogP contribution in [-0.2, 0) is 0 Å². The van der Waals surface area contributed by atoms with Crippen molar-refractivity contribution in [3.8, 4) is 11.8 Å². The zero-order valence-corrected chi connectivity index (χ0v) is 24.1. The highest BCUT2D eigenvalue weighted by atomic mass is 28.3. The summed E-state index contributed by atoms with van der Waals surface area (Å²) in [4.78, 5) is 0. The van der Waals surface area contributed by atoms with Crippen molar-refractivity contribution in [2.24, 2.45) is 0 Å². The predicted octanol–water partition coefficient (Wildman–Crippen LogP) is 10.7. The first-order valence-corrected chi connectivity index (χ1v) is 19.7. The molecule has 0 saturated heterocycles. The lowest BCUT2D eigenvalue weighted by molar-refractivity contribution is 0.790. The summed E-state index contributed by atoms with van der Waals surface area (Å²) in [7, 11) is -2.38. The Morgan fingerprint density at radius 3 is 0.733 bits per heavy atom. The van der Waals surface area contributed by atoms with Gasteiger partial charge in [-0.2, -0.15) is 0 Å². The Bertz CT molecular complexity index is 350. The van der Waals surface area contributed by atoms with Crippen molar-refractivity contribution in [1.82, 2.24) is 0 Å². The van der Waals surface area contributed by atoms with Gasteiger partial charge >= 0.3 is 0 Å². The molecule has 0 atom stereocenters. The van der Waals surface area contributed by atoms with E-state index in [1.807, 2.05) is 0 Å². The van der Waals surface area contributed by atoms with E-state index < -0.39 is 16.1 Å². The molecule has 0 aliphatic carbocycles.